The first-order valence-corrected chi connectivity index (χ1v) is 8.00. The molecule has 3 N–H and O–H groups in total. The van der Waals surface area contributed by atoms with Crippen LogP contribution in [0.5, 0.6) is 0 Å². The summed E-state index contributed by atoms with van der Waals surface area (Å²) >= 11 is 0. The standard InChI is InChI=1S/C18H22N4O3/c1-13(2)12-25-18(24)22-16-7-3-6-15(9-16)21-17(23)20-11-14-5-4-8-19-10-14/h3-10,13H,11-12H2,1-2H3,(H,22,24)(H2,20,21,23). The minimum Gasteiger partial charge on any atom is -0.449 e. The Balaban J connectivity index is 1.83. The molecule has 0 atom stereocenters. The highest BCUT2D eigenvalue weighted by atomic mass is 16.5. The molecule has 132 valence electrons. The molecule has 0 saturated heterocycles. The monoisotopic (exact) mass is 342 g/mol. The van der Waals surface area contributed by atoms with Gasteiger partial charge in [0.05, 0.1) is 6.61 Å². The van der Waals surface area contributed by atoms with Crippen molar-refractivity contribution in [3.63, 3.8) is 0 Å². The van der Waals surface area contributed by atoms with Gasteiger partial charge in [0.25, 0.3) is 0 Å². The molecule has 25 heavy (non-hydrogen) atoms. The van der Waals surface area contributed by atoms with E-state index in [9.17, 15) is 9.59 Å². The van der Waals surface area contributed by atoms with Crippen LogP contribution in [-0.4, -0.2) is 23.7 Å². The van der Waals surface area contributed by atoms with E-state index in [0.29, 0.717) is 24.5 Å². The predicted molar refractivity (Wildman–Crippen MR) is 96.3 cm³/mol. The van der Waals surface area contributed by atoms with E-state index in [4.69, 9.17) is 4.74 Å². The number of hydrogen-bond donors (Lipinski definition) is 3. The zero-order chi connectivity index (χ0) is 18.1. The molecule has 1 heterocycles. The highest BCUT2D eigenvalue weighted by molar-refractivity contribution is 5.91. The smallest absolute Gasteiger partial charge is 0.411 e. The largest absolute Gasteiger partial charge is 0.449 e. The lowest BCUT2D eigenvalue weighted by molar-refractivity contribution is 0.147. The molecule has 1 aromatic carbocycles. The molecular weight excluding hydrogens is 320 g/mol. The number of carbonyl (C=O) groups is 2. The summed E-state index contributed by atoms with van der Waals surface area (Å²) < 4.78 is 5.06. The number of urea groups is 1. The number of nitrogens with zero attached hydrogens (tertiary/aromatic N) is 1. The molecule has 0 spiro atoms. The van der Waals surface area contributed by atoms with E-state index >= 15 is 0 Å². The number of aromatic nitrogens is 1. The fourth-order valence-electron chi connectivity index (χ4n) is 1.93. The third-order valence-corrected chi connectivity index (χ3v) is 3.09. The number of rotatable bonds is 6. The van der Waals surface area contributed by atoms with Gasteiger partial charge in [-0.15, -0.1) is 0 Å². The number of anilines is 2. The summed E-state index contributed by atoms with van der Waals surface area (Å²) in [4.78, 5) is 27.6. The Morgan fingerprint density at radius 3 is 2.56 bits per heavy atom. The van der Waals surface area contributed by atoms with E-state index in [-0.39, 0.29) is 11.9 Å². The number of hydrogen-bond acceptors (Lipinski definition) is 4. The maximum Gasteiger partial charge on any atom is 0.411 e. The van der Waals surface area contributed by atoms with Crippen molar-refractivity contribution in [3.8, 4) is 0 Å². The van der Waals surface area contributed by atoms with Gasteiger partial charge in [0.1, 0.15) is 0 Å². The molecule has 1 aromatic heterocycles. The van der Waals surface area contributed by atoms with Crippen LogP contribution in [0, 0.1) is 5.92 Å². The summed E-state index contributed by atoms with van der Waals surface area (Å²) in [5, 5.41) is 8.08. The lowest BCUT2D eigenvalue weighted by Crippen LogP contribution is -2.28. The van der Waals surface area contributed by atoms with Gasteiger partial charge in [0, 0.05) is 30.3 Å². The van der Waals surface area contributed by atoms with Crippen molar-refractivity contribution >= 4 is 23.5 Å². The van der Waals surface area contributed by atoms with Crippen LogP contribution in [-0.2, 0) is 11.3 Å². The molecular formula is C18H22N4O3. The van der Waals surface area contributed by atoms with Crippen LogP contribution in [0.25, 0.3) is 0 Å². The Hall–Kier alpha value is -3.09. The lowest BCUT2D eigenvalue weighted by Gasteiger charge is -2.11. The van der Waals surface area contributed by atoms with Gasteiger partial charge in [-0.05, 0) is 35.7 Å². The van der Waals surface area contributed by atoms with Crippen molar-refractivity contribution in [2.45, 2.75) is 20.4 Å². The van der Waals surface area contributed by atoms with Gasteiger partial charge in [-0.2, -0.15) is 0 Å². The van der Waals surface area contributed by atoms with E-state index < -0.39 is 6.09 Å². The number of pyridine rings is 1. The molecule has 7 nitrogen and oxygen atoms in total. The Bertz CT molecular complexity index is 704. The highest BCUT2D eigenvalue weighted by Gasteiger charge is 2.06. The van der Waals surface area contributed by atoms with Crippen LogP contribution in [0.2, 0.25) is 0 Å². The SMILES string of the molecule is CC(C)COC(=O)Nc1cccc(NC(=O)NCc2cccnc2)c1. The van der Waals surface area contributed by atoms with Crippen LogP contribution >= 0.6 is 0 Å². The Kier molecular flexibility index (Phi) is 6.76. The number of amides is 3. The quantitative estimate of drug-likeness (QED) is 0.748. The second-order valence-corrected chi connectivity index (χ2v) is 5.87. The molecule has 0 bridgehead atoms. The van der Waals surface area contributed by atoms with E-state index in [0.717, 1.165) is 5.56 Å². The van der Waals surface area contributed by atoms with Crippen molar-refractivity contribution in [1.29, 1.82) is 0 Å². The number of nitrogens with one attached hydrogen (secondary N) is 3. The van der Waals surface area contributed by atoms with Gasteiger partial charge in [-0.25, -0.2) is 9.59 Å². The Morgan fingerprint density at radius 2 is 1.88 bits per heavy atom. The zero-order valence-corrected chi connectivity index (χ0v) is 14.3. The van der Waals surface area contributed by atoms with E-state index in [1.807, 2.05) is 26.0 Å². The molecule has 0 fully saturated rings. The second-order valence-electron chi connectivity index (χ2n) is 5.87. The predicted octanol–water partition coefficient (Wildman–Crippen LogP) is 3.61. The molecule has 3 amide bonds. The zero-order valence-electron chi connectivity index (χ0n) is 14.3. The van der Waals surface area contributed by atoms with Crippen LogP contribution in [0.4, 0.5) is 21.0 Å². The van der Waals surface area contributed by atoms with Crippen LogP contribution < -0.4 is 16.0 Å². The first-order chi connectivity index (χ1) is 12.0. The van der Waals surface area contributed by atoms with Crippen molar-refractivity contribution in [1.82, 2.24) is 10.3 Å². The molecule has 0 aliphatic rings. The molecule has 7 heteroatoms. The average molecular weight is 342 g/mol. The topological polar surface area (TPSA) is 92.4 Å². The summed E-state index contributed by atoms with van der Waals surface area (Å²) in [5.41, 5.74) is 2.00. The Labute approximate surface area is 146 Å². The first kappa shape index (κ1) is 18.3. The first-order valence-electron chi connectivity index (χ1n) is 8.00. The highest BCUT2D eigenvalue weighted by Crippen LogP contribution is 2.15. The van der Waals surface area contributed by atoms with Crippen LogP contribution in [0.1, 0.15) is 19.4 Å². The van der Waals surface area contributed by atoms with Gasteiger partial charge in [0.2, 0.25) is 0 Å². The van der Waals surface area contributed by atoms with E-state index in [1.54, 1.807) is 36.7 Å². The fraction of sp³-hybridized carbons (Fsp3) is 0.278. The molecule has 0 aliphatic carbocycles. The summed E-state index contributed by atoms with van der Waals surface area (Å²) in [7, 11) is 0. The minimum atomic E-state index is -0.521. The van der Waals surface area contributed by atoms with Crippen LogP contribution in [0.15, 0.2) is 48.8 Å². The van der Waals surface area contributed by atoms with Gasteiger partial charge in [0.15, 0.2) is 0 Å². The summed E-state index contributed by atoms with van der Waals surface area (Å²) in [5.74, 6) is 0.266. The molecule has 0 aliphatic heterocycles. The molecule has 0 radical (unpaired) electrons. The van der Waals surface area contributed by atoms with Gasteiger partial charge >= 0.3 is 12.1 Å². The van der Waals surface area contributed by atoms with Gasteiger partial charge < -0.3 is 15.4 Å². The number of carbonyl (C=O) groups excluding carboxylic acids is 2. The third-order valence-electron chi connectivity index (χ3n) is 3.09. The summed E-state index contributed by atoms with van der Waals surface area (Å²) in [6, 6.07) is 10.2. The molecule has 2 rings (SSSR count). The van der Waals surface area contributed by atoms with E-state index in [1.165, 1.54) is 0 Å². The maximum absolute atomic E-state index is 11.9. The third kappa shape index (κ3) is 6.90. The van der Waals surface area contributed by atoms with Gasteiger partial charge in [-0.1, -0.05) is 26.0 Å². The van der Waals surface area contributed by atoms with Crippen molar-refractivity contribution < 1.29 is 14.3 Å². The van der Waals surface area contributed by atoms with Gasteiger partial charge in [-0.3, -0.25) is 10.3 Å². The molecule has 2 aromatic rings. The summed E-state index contributed by atoms with van der Waals surface area (Å²) in [6.45, 7) is 4.64. The van der Waals surface area contributed by atoms with Crippen LogP contribution in [0.3, 0.4) is 0 Å². The maximum atomic E-state index is 11.9. The molecule has 0 unspecified atom stereocenters. The van der Waals surface area contributed by atoms with E-state index in [2.05, 4.69) is 20.9 Å². The average Bonchev–Trinajstić information content (AvgIpc) is 2.59. The lowest BCUT2D eigenvalue weighted by atomic mass is 10.2. The number of benzene rings is 1. The molecule has 0 saturated carbocycles. The summed E-state index contributed by atoms with van der Waals surface area (Å²) in [6.07, 6.45) is 2.84. The van der Waals surface area contributed by atoms with Crippen molar-refractivity contribution in [2.75, 3.05) is 17.2 Å². The fourth-order valence-corrected chi connectivity index (χ4v) is 1.93. The number of ether oxygens (including phenoxy) is 1. The Morgan fingerprint density at radius 1 is 1.12 bits per heavy atom. The van der Waals surface area contributed by atoms with Crippen molar-refractivity contribution in [2.24, 2.45) is 5.92 Å². The normalized spacial score (nSPS) is 10.2. The second kappa shape index (κ2) is 9.27. The minimum absolute atomic E-state index is 0.266. The van der Waals surface area contributed by atoms with Crippen molar-refractivity contribution in [3.05, 3.63) is 54.4 Å².